The maximum absolute atomic E-state index is 13.4. The van der Waals surface area contributed by atoms with Crippen molar-refractivity contribution in [2.75, 3.05) is 67.1 Å². The minimum atomic E-state index is -0.437. The van der Waals surface area contributed by atoms with Crippen molar-refractivity contribution in [1.29, 1.82) is 0 Å². The highest BCUT2D eigenvalue weighted by molar-refractivity contribution is 6.35. The molecule has 0 aliphatic carbocycles. The third kappa shape index (κ3) is 7.75. The summed E-state index contributed by atoms with van der Waals surface area (Å²) in [6, 6.07) is 6.73. The third-order valence-electron chi connectivity index (χ3n) is 8.36. The number of hydrogen-bond acceptors (Lipinski definition) is 9. The molecule has 238 valence electrons. The largest absolute Gasteiger partial charge is 0.493 e. The van der Waals surface area contributed by atoms with Crippen LogP contribution in [0.4, 0.5) is 0 Å². The number of esters is 1. The predicted molar refractivity (Wildman–Crippen MR) is 168 cm³/mol. The number of amides is 1. The summed E-state index contributed by atoms with van der Waals surface area (Å²) in [5.41, 5.74) is 1.52. The summed E-state index contributed by atoms with van der Waals surface area (Å²) >= 11 is 6.56. The standard InChI is InChI=1S/C32H42ClN5O6/c1-41-28-19-23(20-29(42-2)30(28)43-3)32(40)44-24-7-4-13-38-21-25-26(33)17-22(18-27(25)35-38)31(39)34-9-5-10-36-11-6-12-37(14-8-24)16-15-36/h17-21,24H,4-16H2,1-3H3,(H,34,39)/t24-/m0/s1. The molecule has 2 aliphatic rings. The number of nitrogens with zero attached hydrogens (tertiary/aromatic N) is 4. The number of rotatable bonds is 5. The summed E-state index contributed by atoms with van der Waals surface area (Å²) < 4.78 is 24.3. The van der Waals surface area contributed by atoms with Crippen molar-refractivity contribution in [3.8, 4) is 17.2 Å². The lowest BCUT2D eigenvalue weighted by Gasteiger charge is -2.25. The molecule has 2 aromatic carbocycles. The number of ether oxygens (including phenoxy) is 4. The van der Waals surface area contributed by atoms with Gasteiger partial charge in [-0.25, -0.2) is 4.79 Å². The van der Waals surface area contributed by atoms with Crippen LogP contribution in [0.2, 0.25) is 5.02 Å². The van der Waals surface area contributed by atoms with Gasteiger partial charge in [-0.15, -0.1) is 0 Å². The predicted octanol–water partition coefficient (Wildman–Crippen LogP) is 4.25. The molecule has 2 unspecified atom stereocenters. The second-order valence-corrected chi connectivity index (χ2v) is 11.7. The van der Waals surface area contributed by atoms with E-state index in [1.54, 1.807) is 24.3 Å². The Morgan fingerprint density at radius 3 is 2.27 bits per heavy atom. The number of carbonyl (C=O) groups is 2. The number of fused-ring (bicyclic) bond motifs is 5. The Morgan fingerprint density at radius 1 is 0.864 bits per heavy atom. The molecule has 12 heteroatoms. The van der Waals surface area contributed by atoms with E-state index in [2.05, 4.69) is 15.1 Å². The molecule has 2 aliphatic heterocycles. The molecule has 3 aromatic rings. The van der Waals surface area contributed by atoms with Crippen LogP contribution in [0.3, 0.4) is 0 Å². The monoisotopic (exact) mass is 627 g/mol. The molecule has 1 saturated heterocycles. The third-order valence-corrected chi connectivity index (χ3v) is 8.67. The van der Waals surface area contributed by atoms with Gasteiger partial charge >= 0.3 is 5.97 Å². The van der Waals surface area contributed by atoms with E-state index in [-0.39, 0.29) is 12.0 Å². The highest BCUT2D eigenvalue weighted by Gasteiger charge is 2.23. The Bertz CT molecular complexity index is 1440. The molecule has 0 spiro atoms. The van der Waals surface area contributed by atoms with E-state index >= 15 is 0 Å². The molecule has 1 amide bonds. The number of hydrogen-bond donors (Lipinski definition) is 1. The quantitative estimate of drug-likeness (QED) is 0.415. The lowest BCUT2D eigenvalue weighted by Crippen LogP contribution is -2.34. The van der Waals surface area contributed by atoms with Crippen LogP contribution in [0.1, 0.15) is 52.8 Å². The van der Waals surface area contributed by atoms with Gasteiger partial charge in [0, 0.05) is 49.9 Å². The normalized spacial score (nSPS) is 21.9. The topological polar surface area (TPSA) is 107 Å². The summed E-state index contributed by atoms with van der Waals surface area (Å²) in [7, 11) is 4.56. The Hall–Kier alpha value is -3.54. The van der Waals surface area contributed by atoms with Crippen molar-refractivity contribution in [2.45, 2.75) is 44.8 Å². The minimum Gasteiger partial charge on any atom is -0.493 e. The van der Waals surface area contributed by atoms with Crippen LogP contribution < -0.4 is 19.5 Å². The van der Waals surface area contributed by atoms with Gasteiger partial charge in [-0.2, -0.15) is 5.10 Å². The second-order valence-electron chi connectivity index (χ2n) is 11.3. The van der Waals surface area contributed by atoms with Gasteiger partial charge in [0.05, 0.1) is 37.4 Å². The fraction of sp³-hybridized carbons (Fsp3) is 0.531. The van der Waals surface area contributed by atoms with E-state index in [0.717, 1.165) is 70.3 Å². The van der Waals surface area contributed by atoms with Gasteiger partial charge in [-0.3, -0.25) is 9.48 Å². The average Bonchev–Trinajstić information content (AvgIpc) is 3.31. The fourth-order valence-electron chi connectivity index (χ4n) is 5.94. The van der Waals surface area contributed by atoms with Gasteiger partial charge in [0.1, 0.15) is 6.10 Å². The number of aryl methyl sites for hydroxylation is 1. The first-order valence-electron chi connectivity index (χ1n) is 15.3. The molecule has 1 aromatic heterocycles. The summed E-state index contributed by atoms with van der Waals surface area (Å²) in [6.45, 7) is 6.92. The highest BCUT2D eigenvalue weighted by Crippen LogP contribution is 2.38. The molecule has 0 radical (unpaired) electrons. The zero-order valence-electron chi connectivity index (χ0n) is 25.8. The molecule has 11 nitrogen and oxygen atoms in total. The number of aromatic nitrogens is 2. The fourth-order valence-corrected chi connectivity index (χ4v) is 6.21. The molecule has 1 N–H and O–H groups in total. The summed E-state index contributed by atoms with van der Waals surface area (Å²) in [6.07, 6.45) is 5.67. The first kappa shape index (κ1) is 31.9. The maximum atomic E-state index is 13.4. The smallest absolute Gasteiger partial charge is 0.338 e. The molecule has 3 atom stereocenters. The van der Waals surface area contributed by atoms with Crippen LogP contribution in [0.15, 0.2) is 30.5 Å². The van der Waals surface area contributed by atoms with E-state index < -0.39 is 5.97 Å². The van der Waals surface area contributed by atoms with Crippen molar-refractivity contribution in [3.05, 3.63) is 46.6 Å². The first-order chi connectivity index (χ1) is 21.4. The van der Waals surface area contributed by atoms with E-state index in [1.807, 2.05) is 10.9 Å². The molecule has 3 heterocycles. The number of benzene rings is 2. The number of carbonyl (C=O) groups excluding carboxylic acids is 2. The van der Waals surface area contributed by atoms with Gasteiger partial charge in [0.2, 0.25) is 5.75 Å². The van der Waals surface area contributed by atoms with Crippen LogP contribution >= 0.6 is 11.6 Å². The van der Waals surface area contributed by atoms with Crippen LogP contribution in [0.25, 0.3) is 10.9 Å². The van der Waals surface area contributed by atoms with Crippen molar-refractivity contribution < 1.29 is 28.5 Å². The van der Waals surface area contributed by atoms with Crippen LogP contribution in [0, 0.1) is 0 Å². The lowest BCUT2D eigenvalue weighted by molar-refractivity contribution is 0.0227. The van der Waals surface area contributed by atoms with E-state index in [9.17, 15) is 9.59 Å². The zero-order chi connectivity index (χ0) is 31.1. The Kier molecular flexibility index (Phi) is 10.8. The second kappa shape index (κ2) is 15.0. The Labute approximate surface area is 263 Å². The van der Waals surface area contributed by atoms with E-state index in [0.29, 0.717) is 58.4 Å². The average molecular weight is 628 g/mol. The number of halogens is 1. The molecule has 5 rings (SSSR count). The lowest BCUT2D eigenvalue weighted by atomic mass is 10.1. The van der Waals surface area contributed by atoms with Crippen molar-refractivity contribution in [2.24, 2.45) is 0 Å². The van der Waals surface area contributed by atoms with Crippen LogP contribution in [-0.2, 0) is 11.3 Å². The molecule has 1 fully saturated rings. The Morgan fingerprint density at radius 2 is 1.57 bits per heavy atom. The minimum absolute atomic E-state index is 0.142. The van der Waals surface area contributed by atoms with Gasteiger partial charge in [0.15, 0.2) is 11.5 Å². The van der Waals surface area contributed by atoms with Crippen LogP contribution in [-0.4, -0.2) is 105 Å². The summed E-state index contributed by atoms with van der Waals surface area (Å²) in [5, 5.41) is 9.02. The molecule has 44 heavy (non-hydrogen) atoms. The maximum Gasteiger partial charge on any atom is 0.338 e. The molecule has 5 bridgehead atoms. The SMILES string of the molecule is COc1cc(C(=O)O[C@H]2CCCn3cc4c(Cl)cc(cc4n3)C(=O)NCCCN3CCCN(CC2)CC3)cc(OC)c1OC. The van der Waals surface area contributed by atoms with Gasteiger partial charge in [0.25, 0.3) is 5.91 Å². The zero-order valence-corrected chi connectivity index (χ0v) is 26.5. The van der Waals surface area contributed by atoms with Crippen molar-refractivity contribution >= 4 is 34.4 Å². The molecular formula is C32H42ClN5O6. The highest BCUT2D eigenvalue weighted by atomic mass is 35.5. The molecular weight excluding hydrogens is 586 g/mol. The van der Waals surface area contributed by atoms with Gasteiger partial charge in [-0.1, -0.05) is 11.6 Å². The van der Waals surface area contributed by atoms with Gasteiger partial charge in [-0.05, 0) is 76.0 Å². The molecule has 0 saturated carbocycles. The van der Waals surface area contributed by atoms with Crippen molar-refractivity contribution in [1.82, 2.24) is 24.9 Å². The van der Waals surface area contributed by atoms with E-state index in [1.165, 1.54) is 21.3 Å². The Balaban J connectivity index is 1.36. The van der Waals surface area contributed by atoms with Crippen molar-refractivity contribution in [3.63, 3.8) is 0 Å². The van der Waals surface area contributed by atoms with Gasteiger partial charge < -0.3 is 34.1 Å². The summed E-state index contributed by atoms with van der Waals surface area (Å²) in [5.74, 6) is 0.636. The number of methoxy groups -OCH3 is 3. The summed E-state index contributed by atoms with van der Waals surface area (Å²) in [4.78, 5) is 31.2. The number of nitrogens with one attached hydrogen (secondary N) is 1. The van der Waals surface area contributed by atoms with E-state index in [4.69, 9.17) is 35.6 Å². The van der Waals surface area contributed by atoms with Crippen LogP contribution in [0.5, 0.6) is 17.2 Å². The first-order valence-corrected chi connectivity index (χ1v) is 15.7.